The predicted octanol–water partition coefficient (Wildman–Crippen LogP) is 2.45. The van der Waals surface area contributed by atoms with Crippen molar-refractivity contribution in [2.45, 2.75) is 26.3 Å². The van der Waals surface area contributed by atoms with Gasteiger partial charge in [-0.1, -0.05) is 25.1 Å². The van der Waals surface area contributed by atoms with Crippen molar-refractivity contribution in [1.82, 2.24) is 9.55 Å². The van der Waals surface area contributed by atoms with Crippen LogP contribution >= 0.6 is 0 Å². The van der Waals surface area contributed by atoms with Gasteiger partial charge in [-0.25, -0.2) is 4.98 Å². The second-order valence-corrected chi connectivity index (χ2v) is 3.96. The summed E-state index contributed by atoms with van der Waals surface area (Å²) in [5.74, 6) is 0. The van der Waals surface area contributed by atoms with Gasteiger partial charge in [0.05, 0.1) is 23.9 Å². The van der Waals surface area contributed by atoms with Crippen LogP contribution in [0.1, 0.15) is 31.1 Å². The molecule has 1 heterocycles. The van der Waals surface area contributed by atoms with Gasteiger partial charge in [0, 0.05) is 6.04 Å². The highest BCUT2D eigenvalue weighted by molar-refractivity contribution is 5.42. The number of para-hydroxylation sites is 1. The number of imidazole rings is 1. The quantitative estimate of drug-likeness (QED) is 0.854. The third-order valence-corrected chi connectivity index (χ3v) is 2.77. The Balaban J connectivity index is 2.54. The van der Waals surface area contributed by atoms with Crippen molar-refractivity contribution < 1.29 is 0 Å². The lowest BCUT2D eigenvalue weighted by Gasteiger charge is -2.13. The van der Waals surface area contributed by atoms with Crippen LogP contribution in [0, 0.1) is 0 Å². The molecular formula is C13H17N3. The fourth-order valence-electron chi connectivity index (χ4n) is 1.89. The van der Waals surface area contributed by atoms with Crippen LogP contribution in [0.2, 0.25) is 0 Å². The van der Waals surface area contributed by atoms with Gasteiger partial charge in [0.15, 0.2) is 0 Å². The van der Waals surface area contributed by atoms with E-state index in [0.717, 1.165) is 12.1 Å². The summed E-state index contributed by atoms with van der Waals surface area (Å²) < 4.78 is 2.07. The van der Waals surface area contributed by atoms with Crippen molar-refractivity contribution in [3.63, 3.8) is 0 Å². The minimum absolute atomic E-state index is 0.00703. The molecule has 2 N–H and O–H groups in total. The number of aryl methyl sites for hydroxylation is 1. The molecule has 0 saturated carbocycles. The number of rotatable bonds is 3. The fourth-order valence-corrected chi connectivity index (χ4v) is 1.89. The second-order valence-electron chi connectivity index (χ2n) is 3.96. The molecule has 16 heavy (non-hydrogen) atoms. The van der Waals surface area contributed by atoms with E-state index in [1.165, 1.54) is 11.3 Å². The zero-order chi connectivity index (χ0) is 11.5. The molecule has 0 bridgehead atoms. The first-order valence-electron chi connectivity index (χ1n) is 5.60. The van der Waals surface area contributed by atoms with E-state index in [2.05, 4.69) is 34.7 Å². The molecule has 3 nitrogen and oxygen atoms in total. The predicted molar refractivity (Wildman–Crippen MR) is 65.5 cm³/mol. The van der Waals surface area contributed by atoms with Gasteiger partial charge in [-0.2, -0.15) is 0 Å². The number of aromatic nitrogens is 2. The number of hydrogen-bond donors (Lipinski definition) is 1. The molecule has 0 fully saturated rings. The molecule has 0 aliphatic carbocycles. The van der Waals surface area contributed by atoms with E-state index in [1.807, 2.05) is 25.5 Å². The van der Waals surface area contributed by atoms with Crippen molar-refractivity contribution in [2.75, 3.05) is 0 Å². The Bertz CT molecular complexity index is 472. The molecule has 1 aromatic heterocycles. The second kappa shape index (κ2) is 4.49. The lowest BCUT2D eigenvalue weighted by molar-refractivity contribution is 0.749. The number of nitrogens with zero attached hydrogens (tertiary/aromatic N) is 2. The lowest BCUT2D eigenvalue weighted by atomic mass is 10.1. The standard InChI is InChI=1S/C13H17N3/c1-3-11-6-4-5-7-12(11)16-9-15-8-13(16)10(2)14/h4-10H,3,14H2,1-2H3/t10-/m0/s1. The average molecular weight is 215 g/mol. The fraction of sp³-hybridized carbons (Fsp3) is 0.308. The first-order chi connectivity index (χ1) is 7.74. The van der Waals surface area contributed by atoms with Crippen LogP contribution < -0.4 is 5.73 Å². The molecule has 2 rings (SSSR count). The normalized spacial score (nSPS) is 12.7. The topological polar surface area (TPSA) is 43.8 Å². The Hall–Kier alpha value is -1.61. The highest BCUT2D eigenvalue weighted by atomic mass is 15.1. The number of hydrogen-bond acceptors (Lipinski definition) is 2. The maximum Gasteiger partial charge on any atom is 0.0994 e. The third kappa shape index (κ3) is 1.86. The van der Waals surface area contributed by atoms with Gasteiger partial charge >= 0.3 is 0 Å². The molecule has 0 unspecified atom stereocenters. The van der Waals surface area contributed by atoms with E-state index in [9.17, 15) is 0 Å². The van der Waals surface area contributed by atoms with Gasteiger partial charge in [0.25, 0.3) is 0 Å². The molecule has 0 aliphatic rings. The van der Waals surface area contributed by atoms with Crippen molar-refractivity contribution in [1.29, 1.82) is 0 Å². The summed E-state index contributed by atoms with van der Waals surface area (Å²) in [7, 11) is 0. The Kier molecular flexibility index (Phi) is 3.06. The van der Waals surface area contributed by atoms with Crippen LogP contribution in [0.25, 0.3) is 5.69 Å². The summed E-state index contributed by atoms with van der Waals surface area (Å²) in [5, 5.41) is 0. The van der Waals surface area contributed by atoms with Crippen molar-refractivity contribution in [2.24, 2.45) is 5.73 Å². The highest BCUT2D eigenvalue weighted by Crippen LogP contribution is 2.19. The zero-order valence-electron chi connectivity index (χ0n) is 9.72. The Labute approximate surface area is 95.9 Å². The van der Waals surface area contributed by atoms with Crippen molar-refractivity contribution >= 4 is 0 Å². The summed E-state index contributed by atoms with van der Waals surface area (Å²) >= 11 is 0. The Morgan fingerprint density at radius 3 is 2.81 bits per heavy atom. The summed E-state index contributed by atoms with van der Waals surface area (Å²) in [6, 6.07) is 8.34. The van der Waals surface area contributed by atoms with E-state index >= 15 is 0 Å². The van der Waals surface area contributed by atoms with Crippen LogP contribution in [-0.2, 0) is 6.42 Å². The van der Waals surface area contributed by atoms with Crippen LogP contribution in [0.3, 0.4) is 0 Å². The molecule has 3 heteroatoms. The van der Waals surface area contributed by atoms with Gasteiger partial charge in [-0.3, -0.25) is 0 Å². The molecule has 0 radical (unpaired) electrons. The summed E-state index contributed by atoms with van der Waals surface area (Å²) in [5.41, 5.74) is 9.45. The molecule has 1 aromatic carbocycles. The van der Waals surface area contributed by atoms with E-state index in [1.54, 1.807) is 0 Å². The molecule has 2 aromatic rings. The van der Waals surface area contributed by atoms with Gasteiger partial charge in [-0.15, -0.1) is 0 Å². The largest absolute Gasteiger partial charge is 0.323 e. The van der Waals surface area contributed by atoms with E-state index in [-0.39, 0.29) is 6.04 Å². The molecule has 84 valence electrons. The summed E-state index contributed by atoms with van der Waals surface area (Å²) in [6.45, 7) is 4.13. The van der Waals surface area contributed by atoms with Crippen LogP contribution in [0.15, 0.2) is 36.8 Å². The minimum Gasteiger partial charge on any atom is -0.323 e. The first kappa shape index (κ1) is 10.9. The van der Waals surface area contributed by atoms with E-state index < -0.39 is 0 Å². The van der Waals surface area contributed by atoms with Gasteiger partial charge in [0.2, 0.25) is 0 Å². The summed E-state index contributed by atoms with van der Waals surface area (Å²) in [4.78, 5) is 4.18. The molecule has 1 atom stereocenters. The molecule has 0 amide bonds. The van der Waals surface area contributed by atoms with Gasteiger partial charge in [-0.05, 0) is 25.0 Å². The summed E-state index contributed by atoms with van der Waals surface area (Å²) in [6.07, 6.45) is 4.66. The molecule has 0 spiro atoms. The number of nitrogens with two attached hydrogens (primary N) is 1. The average Bonchev–Trinajstić information content (AvgIpc) is 2.77. The maximum absolute atomic E-state index is 5.93. The van der Waals surface area contributed by atoms with Crippen LogP contribution in [0.5, 0.6) is 0 Å². The van der Waals surface area contributed by atoms with Gasteiger partial charge < -0.3 is 10.3 Å². The maximum atomic E-state index is 5.93. The number of benzene rings is 1. The van der Waals surface area contributed by atoms with Crippen molar-refractivity contribution in [3.8, 4) is 5.69 Å². The van der Waals surface area contributed by atoms with Crippen LogP contribution in [0.4, 0.5) is 0 Å². The van der Waals surface area contributed by atoms with Gasteiger partial charge in [0.1, 0.15) is 0 Å². The molecular weight excluding hydrogens is 198 g/mol. The molecule has 0 aliphatic heterocycles. The van der Waals surface area contributed by atoms with E-state index in [4.69, 9.17) is 5.73 Å². The SMILES string of the molecule is CCc1ccccc1-n1cncc1[C@H](C)N. The van der Waals surface area contributed by atoms with Crippen molar-refractivity contribution in [3.05, 3.63) is 48.0 Å². The molecule has 0 saturated heterocycles. The third-order valence-electron chi connectivity index (χ3n) is 2.77. The van der Waals surface area contributed by atoms with E-state index in [0.29, 0.717) is 0 Å². The van der Waals surface area contributed by atoms with Crippen LogP contribution in [-0.4, -0.2) is 9.55 Å². The Morgan fingerprint density at radius 1 is 1.38 bits per heavy atom. The highest BCUT2D eigenvalue weighted by Gasteiger charge is 2.10. The zero-order valence-corrected chi connectivity index (χ0v) is 9.72. The smallest absolute Gasteiger partial charge is 0.0994 e. The lowest BCUT2D eigenvalue weighted by Crippen LogP contribution is -2.11. The monoisotopic (exact) mass is 215 g/mol. The minimum atomic E-state index is -0.00703. The first-order valence-corrected chi connectivity index (χ1v) is 5.60. The Morgan fingerprint density at radius 2 is 2.12 bits per heavy atom.